The second kappa shape index (κ2) is 7.64. The van der Waals surface area contributed by atoms with Crippen LogP contribution in [0.15, 0.2) is 42.6 Å². The van der Waals surface area contributed by atoms with Crippen molar-refractivity contribution in [2.75, 3.05) is 18.9 Å². The van der Waals surface area contributed by atoms with E-state index in [9.17, 15) is 5.26 Å². The molecule has 1 saturated heterocycles. The third-order valence-corrected chi connectivity index (χ3v) is 4.91. The smallest absolute Gasteiger partial charge is 0.227 e. The molecule has 27 heavy (non-hydrogen) atoms. The predicted octanol–water partition coefficient (Wildman–Crippen LogP) is 3.08. The van der Waals surface area contributed by atoms with Gasteiger partial charge in [0.1, 0.15) is 12.0 Å². The summed E-state index contributed by atoms with van der Waals surface area (Å²) >= 11 is 0. The van der Waals surface area contributed by atoms with Crippen LogP contribution in [0, 0.1) is 17.2 Å². The molecule has 0 radical (unpaired) electrons. The van der Waals surface area contributed by atoms with Gasteiger partial charge in [-0.2, -0.15) is 10.4 Å². The summed E-state index contributed by atoms with van der Waals surface area (Å²) in [7, 11) is 0. The molecule has 7 nitrogen and oxygen atoms in total. The SMILES string of the molecule is N#C[C@H]1CCOCCC1n1nc(N)c2c(OCc3ccccc3)nccc21. The summed E-state index contributed by atoms with van der Waals surface area (Å²) in [5.41, 5.74) is 8.09. The Morgan fingerprint density at radius 1 is 1.22 bits per heavy atom. The molecule has 0 aliphatic carbocycles. The number of nitrogens with two attached hydrogens (primary N) is 1. The lowest BCUT2D eigenvalue weighted by molar-refractivity contribution is 0.141. The number of hydrogen-bond donors (Lipinski definition) is 1. The number of nitrogen functional groups attached to an aromatic ring is 1. The predicted molar refractivity (Wildman–Crippen MR) is 101 cm³/mol. The zero-order chi connectivity index (χ0) is 18.6. The third kappa shape index (κ3) is 3.44. The normalized spacial score (nSPS) is 20.1. The zero-order valence-electron chi connectivity index (χ0n) is 14.9. The Bertz CT molecular complexity index is 964. The average molecular weight is 363 g/mol. The van der Waals surface area contributed by atoms with Crippen molar-refractivity contribution in [2.45, 2.75) is 25.5 Å². The van der Waals surface area contributed by atoms with Gasteiger partial charge in [0, 0.05) is 19.4 Å². The number of pyridine rings is 1. The lowest BCUT2D eigenvalue weighted by Crippen LogP contribution is -2.19. The maximum Gasteiger partial charge on any atom is 0.227 e. The number of aromatic nitrogens is 3. The van der Waals surface area contributed by atoms with Crippen molar-refractivity contribution in [1.29, 1.82) is 5.26 Å². The maximum absolute atomic E-state index is 9.58. The van der Waals surface area contributed by atoms with Gasteiger partial charge >= 0.3 is 0 Å². The van der Waals surface area contributed by atoms with Crippen molar-refractivity contribution >= 4 is 16.7 Å². The molecule has 1 aliphatic heterocycles. The lowest BCUT2D eigenvalue weighted by Gasteiger charge is -2.20. The summed E-state index contributed by atoms with van der Waals surface area (Å²) in [6, 6.07) is 14.1. The van der Waals surface area contributed by atoms with Crippen molar-refractivity contribution in [2.24, 2.45) is 5.92 Å². The van der Waals surface area contributed by atoms with Crippen LogP contribution >= 0.6 is 0 Å². The molecule has 0 amide bonds. The van der Waals surface area contributed by atoms with Crippen LogP contribution < -0.4 is 10.5 Å². The van der Waals surface area contributed by atoms with Gasteiger partial charge in [0.2, 0.25) is 5.88 Å². The van der Waals surface area contributed by atoms with Crippen molar-refractivity contribution in [3.8, 4) is 11.9 Å². The van der Waals surface area contributed by atoms with Crippen LogP contribution in [0.3, 0.4) is 0 Å². The highest BCUT2D eigenvalue weighted by atomic mass is 16.5. The van der Waals surface area contributed by atoms with Crippen LogP contribution in [-0.4, -0.2) is 28.0 Å². The minimum atomic E-state index is -0.170. The molecule has 0 spiro atoms. The van der Waals surface area contributed by atoms with Gasteiger partial charge in [-0.3, -0.25) is 4.68 Å². The molecule has 4 rings (SSSR count). The molecule has 1 unspecified atom stereocenters. The molecular weight excluding hydrogens is 342 g/mol. The van der Waals surface area contributed by atoms with Crippen molar-refractivity contribution in [1.82, 2.24) is 14.8 Å². The fourth-order valence-electron chi connectivity index (χ4n) is 3.53. The van der Waals surface area contributed by atoms with E-state index in [2.05, 4.69) is 16.2 Å². The van der Waals surface area contributed by atoms with Gasteiger partial charge in [-0.15, -0.1) is 0 Å². The zero-order valence-corrected chi connectivity index (χ0v) is 14.9. The van der Waals surface area contributed by atoms with E-state index >= 15 is 0 Å². The largest absolute Gasteiger partial charge is 0.472 e. The summed E-state index contributed by atoms with van der Waals surface area (Å²) in [6.07, 6.45) is 3.09. The molecule has 1 aromatic carbocycles. The fourth-order valence-corrected chi connectivity index (χ4v) is 3.53. The van der Waals surface area contributed by atoms with Crippen LogP contribution in [0.1, 0.15) is 24.4 Å². The average Bonchev–Trinajstić information content (AvgIpc) is 2.89. The number of anilines is 1. The van der Waals surface area contributed by atoms with Gasteiger partial charge in [0.25, 0.3) is 0 Å². The van der Waals surface area contributed by atoms with Crippen LogP contribution in [-0.2, 0) is 11.3 Å². The standard InChI is InChI=1S/C20H21N5O2/c21-12-15-7-10-26-11-8-16(15)25-17-6-9-23-20(18(17)19(22)24-25)27-13-14-4-2-1-3-5-14/h1-6,9,15-16H,7-8,10-11,13H2,(H2,22,24)/t15-,16?/m1/s1. The number of fused-ring (bicyclic) bond motifs is 1. The van der Waals surface area contributed by atoms with E-state index < -0.39 is 0 Å². The van der Waals surface area contributed by atoms with Crippen molar-refractivity contribution < 1.29 is 9.47 Å². The molecule has 3 heterocycles. The highest BCUT2D eigenvalue weighted by molar-refractivity contribution is 5.93. The lowest BCUT2D eigenvalue weighted by atomic mass is 9.96. The Balaban J connectivity index is 1.69. The van der Waals surface area contributed by atoms with Crippen LogP contribution in [0.2, 0.25) is 0 Å². The van der Waals surface area contributed by atoms with Crippen LogP contribution in [0.25, 0.3) is 10.9 Å². The fraction of sp³-hybridized carbons (Fsp3) is 0.350. The van der Waals surface area contributed by atoms with E-state index in [1.165, 1.54) is 0 Å². The first-order chi connectivity index (χ1) is 13.3. The second-order valence-corrected chi connectivity index (χ2v) is 6.61. The third-order valence-electron chi connectivity index (χ3n) is 4.91. The second-order valence-electron chi connectivity index (χ2n) is 6.61. The van der Waals surface area contributed by atoms with Gasteiger partial charge in [0.15, 0.2) is 5.82 Å². The summed E-state index contributed by atoms with van der Waals surface area (Å²) in [4.78, 5) is 4.35. The van der Waals surface area contributed by atoms with Crippen molar-refractivity contribution in [3.05, 3.63) is 48.2 Å². The van der Waals surface area contributed by atoms with Crippen LogP contribution in [0.4, 0.5) is 5.82 Å². The van der Waals surface area contributed by atoms with Crippen molar-refractivity contribution in [3.63, 3.8) is 0 Å². The van der Waals surface area contributed by atoms with Gasteiger partial charge in [-0.25, -0.2) is 4.98 Å². The maximum atomic E-state index is 9.58. The molecule has 1 fully saturated rings. The Morgan fingerprint density at radius 2 is 2.04 bits per heavy atom. The van der Waals surface area contributed by atoms with Gasteiger partial charge < -0.3 is 15.2 Å². The Morgan fingerprint density at radius 3 is 2.85 bits per heavy atom. The van der Waals surface area contributed by atoms with Gasteiger partial charge in [-0.05, 0) is 24.5 Å². The number of ether oxygens (including phenoxy) is 2. The summed E-state index contributed by atoms with van der Waals surface area (Å²) in [5.74, 6) is 0.651. The minimum absolute atomic E-state index is 0.0818. The summed E-state index contributed by atoms with van der Waals surface area (Å²) < 4.78 is 13.3. The molecule has 138 valence electrons. The Hall–Kier alpha value is -3.11. The molecular formula is C20H21N5O2. The van der Waals surface area contributed by atoms with Crippen LogP contribution in [0.5, 0.6) is 5.88 Å². The molecule has 2 N–H and O–H groups in total. The molecule has 0 saturated carbocycles. The highest BCUT2D eigenvalue weighted by Crippen LogP contribution is 2.35. The number of benzene rings is 1. The van der Waals surface area contributed by atoms with E-state index in [-0.39, 0.29) is 12.0 Å². The molecule has 7 heteroatoms. The first kappa shape index (κ1) is 17.3. The number of hydrogen-bond acceptors (Lipinski definition) is 6. The molecule has 3 aromatic rings. The summed E-state index contributed by atoms with van der Waals surface area (Å²) in [5, 5.41) is 14.8. The monoisotopic (exact) mass is 363 g/mol. The Labute approximate surface area is 157 Å². The first-order valence-corrected chi connectivity index (χ1v) is 9.04. The minimum Gasteiger partial charge on any atom is -0.472 e. The quantitative estimate of drug-likeness (QED) is 0.765. The Kier molecular flexibility index (Phi) is 4.90. The molecule has 2 atom stereocenters. The first-order valence-electron chi connectivity index (χ1n) is 9.04. The van der Waals surface area contributed by atoms with E-state index in [1.54, 1.807) is 6.20 Å². The van der Waals surface area contributed by atoms with E-state index in [4.69, 9.17) is 15.2 Å². The van der Waals surface area contributed by atoms with E-state index in [0.29, 0.717) is 43.3 Å². The highest BCUT2D eigenvalue weighted by Gasteiger charge is 2.29. The molecule has 0 bridgehead atoms. The van der Waals surface area contributed by atoms with Gasteiger partial charge in [-0.1, -0.05) is 30.3 Å². The summed E-state index contributed by atoms with van der Waals surface area (Å²) in [6.45, 7) is 1.60. The van der Waals surface area contributed by atoms with E-state index in [1.807, 2.05) is 41.1 Å². The molecule has 1 aliphatic rings. The van der Waals surface area contributed by atoms with Gasteiger partial charge in [0.05, 0.1) is 23.5 Å². The number of rotatable bonds is 4. The number of nitriles is 1. The molecule has 2 aromatic heterocycles. The van der Waals surface area contributed by atoms with E-state index in [0.717, 1.165) is 17.5 Å². The topological polar surface area (TPSA) is 99.0 Å². The number of nitrogens with zero attached hydrogens (tertiary/aromatic N) is 4.